The Balaban J connectivity index is 1.52. The van der Waals surface area contributed by atoms with Crippen molar-refractivity contribution in [1.82, 2.24) is 9.66 Å². The van der Waals surface area contributed by atoms with Gasteiger partial charge in [-0.2, -0.15) is 9.78 Å². The van der Waals surface area contributed by atoms with E-state index in [2.05, 4.69) is 5.10 Å². The third-order valence-electron chi connectivity index (χ3n) is 5.87. The summed E-state index contributed by atoms with van der Waals surface area (Å²) in [6.45, 7) is 4.22. The zero-order valence-corrected chi connectivity index (χ0v) is 21.0. The van der Waals surface area contributed by atoms with E-state index in [1.807, 2.05) is 56.3 Å². The number of carbonyl (C=O) groups is 1. The average molecular weight is 504 g/mol. The number of esters is 1. The maximum atomic E-state index is 13.4. The Morgan fingerprint density at radius 1 is 0.921 bits per heavy atom. The monoisotopic (exact) mass is 503 g/mol. The van der Waals surface area contributed by atoms with Gasteiger partial charge in [-0.05, 0) is 61.9 Å². The molecule has 7 heteroatoms. The maximum Gasteiger partial charge on any atom is 0.343 e. The number of hydrogen-bond acceptors (Lipinski definition) is 6. The SMILES string of the molecule is CCOc1cc(C=Nn2c(-c3ccc(C)cc3)nc3ccccc3c2=O)ccc1OC(=O)c1ccccc1. The molecule has 0 aliphatic carbocycles. The second-order valence-corrected chi connectivity index (χ2v) is 8.57. The molecule has 1 aromatic heterocycles. The van der Waals surface area contributed by atoms with Crippen molar-refractivity contribution < 1.29 is 14.3 Å². The lowest BCUT2D eigenvalue weighted by molar-refractivity contribution is 0.0728. The van der Waals surface area contributed by atoms with Crippen molar-refractivity contribution in [2.75, 3.05) is 6.61 Å². The third kappa shape index (κ3) is 5.22. The molecule has 0 atom stereocenters. The molecule has 0 amide bonds. The van der Waals surface area contributed by atoms with Crippen molar-refractivity contribution in [2.45, 2.75) is 13.8 Å². The molecule has 0 unspecified atom stereocenters. The molecular formula is C31H25N3O4. The number of rotatable bonds is 7. The standard InChI is InChI=1S/C31H25N3O4/c1-3-37-28-19-22(15-18-27(28)38-31(36)24-9-5-4-6-10-24)20-32-34-29(23-16-13-21(2)14-17-23)33-26-12-8-7-11-25(26)30(34)35/h4-20H,3H2,1-2H3. The normalized spacial score (nSPS) is 11.1. The molecule has 0 fully saturated rings. The van der Waals surface area contributed by atoms with Gasteiger partial charge >= 0.3 is 5.97 Å². The van der Waals surface area contributed by atoms with E-state index < -0.39 is 5.97 Å². The van der Waals surface area contributed by atoms with Crippen LogP contribution in [0.4, 0.5) is 0 Å². The summed E-state index contributed by atoms with van der Waals surface area (Å²) in [5, 5.41) is 4.99. The van der Waals surface area contributed by atoms with Gasteiger partial charge in [-0.25, -0.2) is 9.78 Å². The Bertz CT molecular complexity index is 1690. The van der Waals surface area contributed by atoms with E-state index in [1.165, 1.54) is 4.68 Å². The van der Waals surface area contributed by atoms with Gasteiger partial charge in [0.05, 0.1) is 29.3 Å². The second-order valence-electron chi connectivity index (χ2n) is 8.57. The Morgan fingerprint density at radius 2 is 1.66 bits per heavy atom. The topological polar surface area (TPSA) is 82.8 Å². The van der Waals surface area contributed by atoms with Crippen LogP contribution in [0.1, 0.15) is 28.4 Å². The van der Waals surface area contributed by atoms with Crippen LogP contribution in [0, 0.1) is 6.92 Å². The van der Waals surface area contributed by atoms with E-state index in [0.717, 1.165) is 11.1 Å². The molecule has 0 spiro atoms. The number of fused-ring (bicyclic) bond motifs is 1. The molecule has 0 N–H and O–H groups in total. The van der Waals surface area contributed by atoms with Crippen molar-refractivity contribution in [1.29, 1.82) is 0 Å². The fourth-order valence-electron chi connectivity index (χ4n) is 3.94. The number of hydrogen-bond donors (Lipinski definition) is 0. The summed E-state index contributed by atoms with van der Waals surface area (Å²) >= 11 is 0. The van der Waals surface area contributed by atoms with Crippen molar-refractivity contribution in [3.8, 4) is 22.9 Å². The molecule has 4 aromatic carbocycles. The number of carbonyl (C=O) groups excluding carboxylic acids is 1. The van der Waals surface area contributed by atoms with Crippen molar-refractivity contribution in [3.05, 3.63) is 124 Å². The minimum atomic E-state index is -0.482. The molecule has 5 rings (SSSR count). The molecule has 7 nitrogen and oxygen atoms in total. The number of para-hydroxylation sites is 1. The predicted molar refractivity (Wildman–Crippen MR) is 148 cm³/mol. The summed E-state index contributed by atoms with van der Waals surface area (Å²) in [5.74, 6) is 0.638. The van der Waals surface area contributed by atoms with Crippen LogP contribution in [0.25, 0.3) is 22.3 Å². The molecule has 0 bridgehead atoms. The second kappa shape index (κ2) is 10.9. The molecular weight excluding hydrogens is 478 g/mol. The molecule has 1 heterocycles. The van der Waals surface area contributed by atoms with Crippen LogP contribution in [0.5, 0.6) is 11.5 Å². The zero-order chi connectivity index (χ0) is 26.5. The first kappa shape index (κ1) is 24.6. The zero-order valence-electron chi connectivity index (χ0n) is 21.0. The first-order valence-electron chi connectivity index (χ1n) is 12.2. The Morgan fingerprint density at radius 3 is 2.42 bits per heavy atom. The number of benzene rings is 4. The summed E-state index contributed by atoms with van der Waals surface area (Å²) in [6.07, 6.45) is 1.56. The smallest absolute Gasteiger partial charge is 0.343 e. The lowest BCUT2D eigenvalue weighted by Gasteiger charge is -2.12. The molecule has 0 saturated heterocycles. The quantitative estimate of drug-likeness (QED) is 0.158. The molecule has 0 saturated carbocycles. The predicted octanol–water partition coefficient (Wildman–Crippen LogP) is 5.87. The van der Waals surface area contributed by atoms with Gasteiger partial charge in [0.15, 0.2) is 17.3 Å². The minimum absolute atomic E-state index is 0.277. The molecule has 5 aromatic rings. The van der Waals surface area contributed by atoms with Crippen LogP contribution in [-0.2, 0) is 0 Å². The number of nitrogens with zero attached hydrogens (tertiary/aromatic N) is 3. The van der Waals surface area contributed by atoms with Gasteiger partial charge < -0.3 is 9.47 Å². The molecule has 0 radical (unpaired) electrons. The summed E-state index contributed by atoms with van der Waals surface area (Å²) in [7, 11) is 0. The summed E-state index contributed by atoms with van der Waals surface area (Å²) in [4.78, 5) is 30.7. The third-order valence-corrected chi connectivity index (χ3v) is 5.87. The molecule has 0 aliphatic rings. The fourth-order valence-corrected chi connectivity index (χ4v) is 3.94. The molecule has 188 valence electrons. The highest BCUT2D eigenvalue weighted by Crippen LogP contribution is 2.29. The first-order chi connectivity index (χ1) is 18.5. The summed E-state index contributed by atoms with van der Waals surface area (Å²) in [6, 6.07) is 28.8. The van der Waals surface area contributed by atoms with Gasteiger partial charge in [0.2, 0.25) is 0 Å². The highest BCUT2D eigenvalue weighted by Gasteiger charge is 2.14. The Labute approximate surface area is 219 Å². The van der Waals surface area contributed by atoms with Crippen LogP contribution >= 0.6 is 0 Å². The van der Waals surface area contributed by atoms with E-state index in [0.29, 0.717) is 46.0 Å². The van der Waals surface area contributed by atoms with Crippen molar-refractivity contribution in [3.63, 3.8) is 0 Å². The van der Waals surface area contributed by atoms with Gasteiger partial charge in [0, 0.05) is 5.56 Å². The van der Waals surface area contributed by atoms with Gasteiger partial charge in [0.25, 0.3) is 5.56 Å². The largest absolute Gasteiger partial charge is 0.490 e. The fraction of sp³-hybridized carbons (Fsp3) is 0.0968. The van der Waals surface area contributed by atoms with Gasteiger partial charge in [-0.15, -0.1) is 0 Å². The van der Waals surface area contributed by atoms with E-state index in [1.54, 1.807) is 60.8 Å². The van der Waals surface area contributed by atoms with E-state index in [-0.39, 0.29) is 5.56 Å². The maximum absolute atomic E-state index is 13.4. The van der Waals surface area contributed by atoms with E-state index >= 15 is 0 Å². The molecule has 0 aliphatic heterocycles. The van der Waals surface area contributed by atoms with E-state index in [9.17, 15) is 9.59 Å². The van der Waals surface area contributed by atoms with Gasteiger partial charge in [-0.3, -0.25) is 4.79 Å². The first-order valence-corrected chi connectivity index (χ1v) is 12.2. The molecule has 38 heavy (non-hydrogen) atoms. The number of ether oxygens (including phenoxy) is 2. The van der Waals surface area contributed by atoms with Crippen LogP contribution < -0.4 is 15.0 Å². The van der Waals surface area contributed by atoms with E-state index in [4.69, 9.17) is 14.5 Å². The Hall–Kier alpha value is -5.04. The van der Waals surface area contributed by atoms with Crippen LogP contribution in [0.2, 0.25) is 0 Å². The van der Waals surface area contributed by atoms with Gasteiger partial charge in [-0.1, -0.05) is 60.2 Å². The van der Waals surface area contributed by atoms with Crippen LogP contribution in [0.15, 0.2) is 107 Å². The number of aryl methyl sites for hydroxylation is 1. The van der Waals surface area contributed by atoms with Crippen molar-refractivity contribution >= 4 is 23.1 Å². The lowest BCUT2D eigenvalue weighted by Crippen LogP contribution is -2.20. The van der Waals surface area contributed by atoms with Gasteiger partial charge in [0.1, 0.15) is 0 Å². The lowest BCUT2D eigenvalue weighted by atomic mass is 10.1. The summed E-state index contributed by atoms with van der Waals surface area (Å²) in [5.41, 5.74) is 3.29. The minimum Gasteiger partial charge on any atom is -0.490 e. The number of aromatic nitrogens is 2. The van der Waals surface area contributed by atoms with Crippen LogP contribution in [0.3, 0.4) is 0 Å². The Kier molecular flexibility index (Phi) is 7.08. The van der Waals surface area contributed by atoms with Crippen LogP contribution in [-0.4, -0.2) is 28.5 Å². The average Bonchev–Trinajstić information content (AvgIpc) is 2.95. The summed E-state index contributed by atoms with van der Waals surface area (Å²) < 4.78 is 12.6. The highest BCUT2D eigenvalue weighted by atomic mass is 16.6. The van der Waals surface area contributed by atoms with Crippen molar-refractivity contribution in [2.24, 2.45) is 5.10 Å². The highest BCUT2D eigenvalue weighted by molar-refractivity contribution is 5.91.